The van der Waals surface area contributed by atoms with Gasteiger partial charge >= 0.3 is 0 Å². The van der Waals surface area contributed by atoms with Gasteiger partial charge in [0.05, 0.1) is 11.0 Å². The lowest BCUT2D eigenvalue weighted by molar-refractivity contribution is 0.461. The quantitative estimate of drug-likeness (QED) is 0.498. The third-order valence-corrected chi connectivity index (χ3v) is 4.47. The first-order valence-electron chi connectivity index (χ1n) is 7.91. The molecule has 0 aliphatic carbocycles. The van der Waals surface area contributed by atoms with Crippen LogP contribution in [0.5, 0.6) is 0 Å². The van der Waals surface area contributed by atoms with E-state index >= 15 is 0 Å². The van der Waals surface area contributed by atoms with Crippen molar-refractivity contribution in [3.63, 3.8) is 0 Å². The Balaban J connectivity index is 1.81. The fraction of sp³-hybridized carbons (Fsp3) is 0.167. The highest BCUT2D eigenvalue weighted by Gasteiger charge is 2.18. The number of imidazole rings is 1. The zero-order valence-corrected chi connectivity index (χ0v) is 14.3. The zero-order valence-electron chi connectivity index (χ0n) is 13.5. The molecule has 0 N–H and O–H groups in total. The summed E-state index contributed by atoms with van der Waals surface area (Å²) >= 11 is 1.49. The molecule has 0 fully saturated rings. The molecule has 4 rings (SSSR count). The van der Waals surface area contributed by atoms with Crippen molar-refractivity contribution < 1.29 is 8.81 Å². The molecule has 0 aliphatic rings. The van der Waals surface area contributed by atoms with E-state index in [1.165, 1.54) is 23.9 Å². The highest BCUT2D eigenvalue weighted by molar-refractivity contribution is 7.99. The van der Waals surface area contributed by atoms with Crippen molar-refractivity contribution in [1.82, 2.24) is 19.7 Å². The van der Waals surface area contributed by atoms with Crippen LogP contribution in [0.2, 0.25) is 0 Å². The van der Waals surface area contributed by atoms with Gasteiger partial charge in [0, 0.05) is 6.54 Å². The second kappa shape index (κ2) is 6.68. The Morgan fingerprint density at radius 2 is 1.88 bits per heavy atom. The predicted octanol–water partition coefficient (Wildman–Crippen LogP) is 4.39. The second-order valence-corrected chi connectivity index (χ2v) is 6.66. The molecule has 0 unspecified atom stereocenters. The van der Waals surface area contributed by atoms with Gasteiger partial charge in [-0.25, -0.2) is 9.37 Å². The van der Waals surface area contributed by atoms with Crippen molar-refractivity contribution in [2.45, 2.75) is 18.7 Å². The number of rotatable bonds is 5. The predicted molar refractivity (Wildman–Crippen MR) is 94.9 cm³/mol. The number of nitrogens with zero attached hydrogens (tertiary/aromatic N) is 4. The summed E-state index contributed by atoms with van der Waals surface area (Å²) in [7, 11) is 0. The number of aromatic nitrogens is 4. The maximum atomic E-state index is 13.2. The van der Waals surface area contributed by atoms with Crippen LogP contribution in [0, 0.1) is 5.82 Å². The summed E-state index contributed by atoms with van der Waals surface area (Å²) in [4.78, 5) is 4.65. The van der Waals surface area contributed by atoms with Crippen LogP contribution in [0.3, 0.4) is 0 Å². The third kappa shape index (κ3) is 3.15. The molecule has 2 aromatic carbocycles. The van der Waals surface area contributed by atoms with Gasteiger partial charge in [-0.3, -0.25) is 0 Å². The largest absolute Gasteiger partial charge is 0.408 e. The topological polar surface area (TPSA) is 56.7 Å². The monoisotopic (exact) mass is 354 g/mol. The van der Waals surface area contributed by atoms with Gasteiger partial charge in [0.2, 0.25) is 0 Å². The molecule has 7 heteroatoms. The molecule has 0 amide bonds. The van der Waals surface area contributed by atoms with E-state index in [2.05, 4.69) is 15.2 Å². The summed E-state index contributed by atoms with van der Waals surface area (Å²) in [5, 5.41) is 8.72. The van der Waals surface area contributed by atoms with Gasteiger partial charge in [0.15, 0.2) is 5.82 Å². The van der Waals surface area contributed by atoms with Crippen LogP contribution in [-0.2, 0) is 6.54 Å². The molecule has 126 valence electrons. The summed E-state index contributed by atoms with van der Waals surface area (Å²) in [6.45, 7) is 2.56. The van der Waals surface area contributed by atoms with Crippen LogP contribution >= 0.6 is 11.8 Å². The minimum absolute atomic E-state index is 0.252. The lowest BCUT2D eigenvalue weighted by Crippen LogP contribution is -2.02. The molecule has 0 saturated carbocycles. The summed E-state index contributed by atoms with van der Waals surface area (Å²) in [5.74, 6) is 1.60. The van der Waals surface area contributed by atoms with Gasteiger partial charge in [0.25, 0.3) is 11.1 Å². The molecule has 0 spiro atoms. The number of thioether (sulfide) groups is 1. The maximum Gasteiger partial charge on any atom is 0.284 e. The maximum absolute atomic E-state index is 13.2. The van der Waals surface area contributed by atoms with Crippen LogP contribution < -0.4 is 0 Å². The van der Waals surface area contributed by atoms with Gasteiger partial charge in [-0.1, -0.05) is 43.0 Å². The van der Waals surface area contributed by atoms with E-state index in [0.29, 0.717) is 23.5 Å². The minimum atomic E-state index is -0.252. The van der Waals surface area contributed by atoms with E-state index in [0.717, 1.165) is 22.3 Å². The van der Waals surface area contributed by atoms with Gasteiger partial charge in [-0.2, -0.15) is 0 Å². The molecular weight excluding hydrogens is 339 g/mol. The van der Waals surface area contributed by atoms with Crippen molar-refractivity contribution >= 4 is 22.8 Å². The Morgan fingerprint density at radius 3 is 2.68 bits per heavy atom. The van der Waals surface area contributed by atoms with E-state index in [4.69, 9.17) is 4.42 Å². The number of hydrogen-bond acceptors (Lipinski definition) is 5. The van der Waals surface area contributed by atoms with E-state index < -0.39 is 0 Å². The van der Waals surface area contributed by atoms with Crippen LogP contribution in [0.15, 0.2) is 58.2 Å². The molecule has 2 aromatic heterocycles. The molecule has 5 nitrogen and oxygen atoms in total. The average Bonchev–Trinajstić information content (AvgIpc) is 3.22. The van der Waals surface area contributed by atoms with E-state index in [-0.39, 0.29) is 5.82 Å². The molecule has 0 aliphatic heterocycles. The average molecular weight is 354 g/mol. The number of para-hydroxylation sites is 2. The van der Waals surface area contributed by atoms with Crippen molar-refractivity contribution in [3.8, 4) is 11.7 Å². The highest BCUT2D eigenvalue weighted by Crippen LogP contribution is 2.27. The summed E-state index contributed by atoms with van der Waals surface area (Å²) in [6, 6.07) is 14.3. The lowest BCUT2D eigenvalue weighted by atomic mass is 10.2. The molecule has 25 heavy (non-hydrogen) atoms. The Hall–Kier alpha value is -2.67. The van der Waals surface area contributed by atoms with Crippen LogP contribution in [-0.4, -0.2) is 25.5 Å². The smallest absolute Gasteiger partial charge is 0.284 e. The first kappa shape index (κ1) is 15.8. The molecule has 0 atom stereocenters. The van der Waals surface area contributed by atoms with Crippen LogP contribution in [0.4, 0.5) is 4.39 Å². The van der Waals surface area contributed by atoms with Gasteiger partial charge in [-0.05, 0) is 35.6 Å². The van der Waals surface area contributed by atoms with Gasteiger partial charge in [-0.15, -0.1) is 10.2 Å². The first-order valence-corrected chi connectivity index (χ1v) is 8.89. The molecule has 4 aromatic rings. The molecule has 0 saturated heterocycles. The number of fused-ring (bicyclic) bond motifs is 1. The number of hydrogen-bond donors (Lipinski definition) is 0. The van der Waals surface area contributed by atoms with Crippen LogP contribution in [0.25, 0.3) is 22.7 Å². The Kier molecular flexibility index (Phi) is 4.23. The Morgan fingerprint density at radius 1 is 1.08 bits per heavy atom. The highest BCUT2D eigenvalue weighted by atomic mass is 32.2. The normalized spacial score (nSPS) is 11.3. The zero-order chi connectivity index (χ0) is 17.2. The first-order chi connectivity index (χ1) is 12.2. The molecule has 0 radical (unpaired) electrons. The molecule has 2 heterocycles. The third-order valence-electron chi connectivity index (χ3n) is 3.77. The van der Waals surface area contributed by atoms with Crippen molar-refractivity contribution in [2.24, 2.45) is 0 Å². The summed E-state index contributed by atoms with van der Waals surface area (Å²) < 4.78 is 20.9. The standard InChI is InChI=1S/C18H15FN4OS/c1-2-25-18-22-21-17(24-18)16-20-14-5-3-4-6-15(14)23(16)11-12-7-9-13(19)10-8-12/h3-10H,2,11H2,1H3. The second-order valence-electron chi connectivity index (χ2n) is 5.44. The van der Waals surface area contributed by atoms with E-state index in [1.807, 2.05) is 35.8 Å². The number of halogens is 1. The SMILES string of the molecule is CCSc1nnc(-c2nc3ccccc3n2Cc2ccc(F)cc2)o1. The fourth-order valence-corrected chi connectivity index (χ4v) is 3.14. The van der Waals surface area contributed by atoms with Crippen molar-refractivity contribution in [1.29, 1.82) is 0 Å². The fourth-order valence-electron chi connectivity index (χ4n) is 2.65. The van der Waals surface area contributed by atoms with Crippen LogP contribution in [0.1, 0.15) is 12.5 Å². The Bertz CT molecular complexity index is 1010. The summed E-state index contributed by atoms with van der Waals surface area (Å²) in [6.07, 6.45) is 0. The summed E-state index contributed by atoms with van der Waals surface area (Å²) in [5.41, 5.74) is 2.78. The number of benzene rings is 2. The molecular formula is C18H15FN4OS. The van der Waals surface area contributed by atoms with Gasteiger partial charge in [0.1, 0.15) is 5.82 Å². The van der Waals surface area contributed by atoms with E-state index in [9.17, 15) is 4.39 Å². The van der Waals surface area contributed by atoms with E-state index in [1.54, 1.807) is 12.1 Å². The van der Waals surface area contributed by atoms with Gasteiger partial charge < -0.3 is 8.98 Å². The molecule has 0 bridgehead atoms. The van der Waals surface area contributed by atoms with Crippen molar-refractivity contribution in [2.75, 3.05) is 5.75 Å². The minimum Gasteiger partial charge on any atom is -0.408 e. The lowest BCUT2D eigenvalue weighted by Gasteiger charge is -2.07. The Labute approximate surface area is 147 Å². The van der Waals surface area contributed by atoms with Crippen molar-refractivity contribution in [3.05, 3.63) is 59.9 Å².